The van der Waals surface area contributed by atoms with Gasteiger partial charge in [-0.15, -0.1) is 16.8 Å². The highest BCUT2D eigenvalue weighted by molar-refractivity contribution is 7.99. The molecule has 166 valence electrons. The van der Waals surface area contributed by atoms with E-state index in [0.29, 0.717) is 17.5 Å². The topological polar surface area (TPSA) is 88.9 Å². The number of anilines is 2. The Morgan fingerprint density at radius 3 is 2.44 bits per heavy atom. The quantitative estimate of drug-likeness (QED) is 0.357. The first-order chi connectivity index (χ1) is 15.5. The fraction of sp³-hybridized carbons (Fsp3) is 0.250. The summed E-state index contributed by atoms with van der Waals surface area (Å²) in [5, 5.41) is 14.8. The van der Waals surface area contributed by atoms with Gasteiger partial charge in [-0.2, -0.15) is 0 Å². The molecular formula is C24H27N5O2S. The Balaban J connectivity index is 1.64. The lowest BCUT2D eigenvalue weighted by molar-refractivity contribution is -0.116. The molecule has 3 rings (SSSR count). The third kappa shape index (κ3) is 6.07. The van der Waals surface area contributed by atoms with Gasteiger partial charge in [0.15, 0.2) is 5.16 Å². The van der Waals surface area contributed by atoms with Crippen LogP contribution < -0.4 is 10.6 Å². The maximum Gasteiger partial charge on any atom is 0.234 e. The third-order valence-corrected chi connectivity index (χ3v) is 5.81. The highest BCUT2D eigenvalue weighted by Gasteiger charge is 2.17. The van der Waals surface area contributed by atoms with Gasteiger partial charge in [0.2, 0.25) is 11.8 Å². The Labute approximate surface area is 192 Å². The molecule has 0 aliphatic rings. The van der Waals surface area contributed by atoms with Crippen molar-refractivity contribution in [1.29, 1.82) is 0 Å². The average Bonchev–Trinajstić information content (AvgIpc) is 3.15. The lowest BCUT2D eigenvalue weighted by Gasteiger charge is -2.11. The molecular weight excluding hydrogens is 422 g/mol. The van der Waals surface area contributed by atoms with Crippen molar-refractivity contribution >= 4 is 35.0 Å². The Morgan fingerprint density at radius 2 is 1.72 bits per heavy atom. The maximum absolute atomic E-state index is 12.6. The molecule has 0 saturated heterocycles. The fourth-order valence-corrected chi connectivity index (χ4v) is 3.95. The number of hydrogen-bond donors (Lipinski definition) is 2. The van der Waals surface area contributed by atoms with Gasteiger partial charge >= 0.3 is 0 Å². The monoisotopic (exact) mass is 449 g/mol. The van der Waals surface area contributed by atoms with Crippen LogP contribution in [0.5, 0.6) is 0 Å². The Kier molecular flexibility index (Phi) is 8.21. The van der Waals surface area contributed by atoms with E-state index in [-0.39, 0.29) is 24.0 Å². The summed E-state index contributed by atoms with van der Waals surface area (Å²) in [7, 11) is 0. The van der Waals surface area contributed by atoms with E-state index < -0.39 is 0 Å². The molecule has 0 spiro atoms. The van der Waals surface area contributed by atoms with Gasteiger partial charge in [-0.1, -0.05) is 61.2 Å². The van der Waals surface area contributed by atoms with Gasteiger partial charge in [0.1, 0.15) is 5.82 Å². The molecule has 0 fully saturated rings. The second kappa shape index (κ2) is 11.3. The van der Waals surface area contributed by atoms with Crippen LogP contribution in [0.1, 0.15) is 23.9 Å². The van der Waals surface area contributed by atoms with Crippen LogP contribution in [0, 0.1) is 6.92 Å². The lowest BCUT2D eigenvalue weighted by atomic mass is 10.1. The summed E-state index contributed by atoms with van der Waals surface area (Å²) in [4.78, 5) is 25.0. The smallest absolute Gasteiger partial charge is 0.234 e. The predicted octanol–water partition coefficient (Wildman–Crippen LogP) is 4.25. The van der Waals surface area contributed by atoms with Crippen molar-refractivity contribution in [2.24, 2.45) is 0 Å². The lowest BCUT2D eigenvalue weighted by Crippen LogP contribution is -2.19. The van der Waals surface area contributed by atoms with Crippen molar-refractivity contribution in [2.75, 3.05) is 16.4 Å². The molecule has 0 saturated carbocycles. The number of aromatic nitrogens is 3. The predicted molar refractivity (Wildman–Crippen MR) is 129 cm³/mol. The van der Waals surface area contributed by atoms with E-state index in [9.17, 15) is 9.59 Å². The molecule has 2 aromatic carbocycles. The molecule has 2 amide bonds. The number of para-hydroxylation sites is 2. The molecule has 0 aliphatic carbocycles. The number of amides is 2. The summed E-state index contributed by atoms with van der Waals surface area (Å²) in [5.74, 6) is 0.406. The molecule has 7 nitrogen and oxygen atoms in total. The molecule has 0 aliphatic heterocycles. The van der Waals surface area contributed by atoms with Gasteiger partial charge in [-0.25, -0.2) is 0 Å². The Bertz CT molecular complexity index is 1110. The van der Waals surface area contributed by atoms with Gasteiger partial charge in [-0.05, 0) is 36.6 Å². The van der Waals surface area contributed by atoms with Crippen LogP contribution in [0.15, 0.2) is 66.3 Å². The number of thioether (sulfide) groups is 1. The van der Waals surface area contributed by atoms with E-state index in [0.717, 1.165) is 28.9 Å². The van der Waals surface area contributed by atoms with E-state index in [2.05, 4.69) is 27.4 Å². The SMILES string of the molecule is C=CCn1c(CC(=O)Nc2ccccc2CC)nnc1SCC(=O)Nc1ccccc1C. The molecule has 0 atom stereocenters. The number of carbonyl (C=O) groups is 2. The molecule has 32 heavy (non-hydrogen) atoms. The van der Waals surface area contributed by atoms with E-state index in [1.54, 1.807) is 6.08 Å². The van der Waals surface area contributed by atoms with Crippen LogP contribution in [-0.2, 0) is 29.0 Å². The van der Waals surface area contributed by atoms with Gasteiger partial charge in [0.25, 0.3) is 0 Å². The van der Waals surface area contributed by atoms with Crippen molar-refractivity contribution in [2.45, 2.75) is 38.4 Å². The van der Waals surface area contributed by atoms with E-state index in [1.165, 1.54) is 11.8 Å². The average molecular weight is 450 g/mol. The maximum atomic E-state index is 12.6. The number of benzene rings is 2. The summed E-state index contributed by atoms with van der Waals surface area (Å²) in [5.41, 5.74) is 3.66. The van der Waals surface area contributed by atoms with Crippen LogP contribution in [0.3, 0.4) is 0 Å². The number of rotatable bonds is 10. The zero-order valence-corrected chi connectivity index (χ0v) is 19.1. The van der Waals surface area contributed by atoms with Crippen molar-refractivity contribution in [1.82, 2.24) is 14.8 Å². The number of nitrogens with one attached hydrogen (secondary N) is 2. The van der Waals surface area contributed by atoms with Crippen molar-refractivity contribution < 1.29 is 9.59 Å². The minimum absolute atomic E-state index is 0.0782. The van der Waals surface area contributed by atoms with Crippen LogP contribution in [0.2, 0.25) is 0 Å². The van der Waals surface area contributed by atoms with Gasteiger partial charge in [0.05, 0.1) is 12.2 Å². The standard InChI is InChI=1S/C24H27N5O2S/c1-4-14-29-21(15-22(30)26-20-13-9-7-11-18(20)5-2)27-28-24(29)32-16-23(31)25-19-12-8-6-10-17(19)3/h4,6-13H,1,5,14-16H2,2-3H3,(H,25,31)(H,26,30). The molecule has 0 radical (unpaired) electrons. The zero-order valence-electron chi connectivity index (χ0n) is 18.3. The van der Waals surface area contributed by atoms with Crippen LogP contribution in [0.25, 0.3) is 0 Å². The van der Waals surface area contributed by atoms with Crippen LogP contribution in [-0.4, -0.2) is 32.3 Å². The number of aryl methyl sites for hydroxylation is 2. The first-order valence-electron chi connectivity index (χ1n) is 10.4. The minimum Gasteiger partial charge on any atom is -0.325 e. The second-order valence-corrected chi connectivity index (χ2v) is 8.13. The summed E-state index contributed by atoms with van der Waals surface area (Å²) in [6, 6.07) is 15.3. The number of hydrogen-bond acceptors (Lipinski definition) is 5. The molecule has 1 aromatic heterocycles. The van der Waals surface area contributed by atoms with Gasteiger partial charge in [0, 0.05) is 17.9 Å². The first-order valence-corrected chi connectivity index (χ1v) is 11.4. The third-order valence-electron chi connectivity index (χ3n) is 4.85. The Hall–Kier alpha value is -3.39. The number of nitrogens with zero attached hydrogens (tertiary/aromatic N) is 3. The summed E-state index contributed by atoms with van der Waals surface area (Å²) >= 11 is 1.28. The van der Waals surface area contributed by atoms with E-state index in [1.807, 2.05) is 66.9 Å². The fourth-order valence-electron chi connectivity index (χ4n) is 3.19. The van der Waals surface area contributed by atoms with Crippen molar-refractivity contribution in [3.8, 4) is 0 Å². The largest absolute Gasteiger partial charge is 0.325 e. The van der Waals surface area contributed by atoms with Gasteiger partial charge < -0.3 is 15.2 Å². The molecule has 0 unspecified atom stereocenters. The van der Waals surface area contributed by atoms with E-state index in [4.69, 9.17) is 0 Å². The molecule has 3 aromatic rings. The zero-order chi connectivity index (χ0) is 22.9. The normalized spacial score (nSPS) is 10.6. The number of allylic oxidation sites excluding steroid dienone is 1. The summed E-state index contributed by atoms with van der Waals surface area (Å²) in [6.45, 7) is 8.22. The summed E-state index contributed by atoms with van der Waals surface area (Å²) in [6.07, 6.45) is 2.62. The van der Waals surface area contributed by atoms with Gasteiger partial charge in [-0.3, -0.25) is 9.59 Å². The van der Waals surface area contributed by atoms with Crippen molar-refractivity contribution in [3.63, 3.8) is 0 Å². The molecule has 2 N–H and O–H groups in total. The van der Waals surface area contributed by atoms with Crippen LogP contribution >= 0.6 is 11.8 Å². The highest BCUT2D eigenvalue weighted by atomic mass is 32.2. The summed E-state index contributed by atoms with van der Waals surface area (Å²) < 4.78 is 1.81. The molecule has 8 heteroatoms. The number of carbonyl (C=O) groups excluding carboxylic acids is 2. The highest BCUT2D eigenvalue weighted by Crippen LogP contribution is 2.20. The van der Waals surface area contributed by atoms with Crippen LogP contribution in [0.4, 0.5) is 11.4 Å². The molecule has 1 heterocycles. The molecule has 0 bridgehead atoms. The Morgan fingerprint density at radius 1 is 1.03 bits per heavy atom. The van der Waals surface area contributed by atoms with Crippen molar-refractivity contribution in [3.05, 3.63) is 78.1 Å². The second-order valence-electron chi connectivity index (χ2n) is 7.19. The minimum atomic E-state index is -0.169. The van der Waals surface area contributed by atoms with E-state index >= 15 is 0 Å². The first kappa shape index (κ1) is 23.3.